The van der Waals surface area contributed by atoms with Gasteiger partial charge in [-0.1, -0.05) is 0 Å². The number of methoxy groups -OCH3 is 1. The van der Waals surface area contributed by atoms with Crippen LogP contribution in [0.3, 0.4) is 0 Å². The van der Waals surface area contributed by atoms with Gasteiger partial charge in [0.2, 0.25) is 0 Å². The zero-order valence-corrected chi connectivity index (χ0v) is 17.8. The molecule has 0 bridgehead atoms. The lowest BCUT2D eigenvalue weighted by Gasteiger charge is -2.46. The van der Waals surface area contributed by atoms with Gasteiger partial charge >= 0.3 is 12.1 Å². The summed E-state index contributed by atoms with van der Waals surface area (Å²) in [4.78, 5) is 28.2. The van der Waals surface area contributed by atoms with Crippen LogP contribution < -0.4 is 4.90 Å². The van der Waals surface area contributed by atoms with Gasteiger partial charge in [-0.25, -0.2) is 9.59 Å². The van der Waals surface area contributed by atoms with E-state index < -0.39 is 5.60 Å². The Bertz CT molecular complexity index is 675. The fourth-order valence-corrected chi connectivity index (χ4v) is 3.78. The quantitative estimate of drug-likeness (QED) is 0.666. The summed E-state index contributed by atoms with van der Waals surface area (Å²) < 4.78 is 11.0. The Kier molecular flexibility index (Phi) is 6.21. The number of hydrogen-bond acceptors (Lipinski definition) is 5. The van der Waals surface area contributed by atoms with Gasteiger partial charge in [-0.2, -0.15) is 0 Å². The number of esters is 1. The Morgan fingerprint density at radius 1 is 1.15 bits per heavy atom. The highest BCUT2D eigenvalue weighted by atomic mass is 79.9. The van der Waals surface area contributed by atoms with Crippen molar-refractivity contribution in [2.24, 2.45) is 0 Å². The molecule has 6 nitrogen and oxygen atoms in total. The monoisotopic (exact) mass is 426 g/mol. The molecule has 26 heavy (non-hydrogen) atoms. The van der Waals surface area contributed by atoms with Gasteiger partial charge in [-0.3, -0.25) is 0 Å². The summed E-state index contributed by atoms with van der Waals surface area (Å²) in [6, 6.07) is 5.81. The van der Waals surface area contributed by atoms with Crippen molar-refractivity contribution >= 4 is 33.7 Å². The topological polar surface area (TPSA) is 59.1 Å². The number of hydrogen-bond donors (Lipinski definition) is 0. The van der Waals surface area contributed by atoms with E-state index in [0.29, 0.717) is 23.1 Å². The second-order valence-electron chi connectivity index (χ2n) is 7.65. The van der Waals surface area contributed by atoms with Crippen molar-refractivity contribution in [3.63, 3.8) is 0 Å². The van der Waals surface area contributed by atoms with Gasteiger partial charge in [0.15, 0.2) is 0 Å². The molecule has 1 aliphatic rings. The van der Waals surface area contributed by atoms with Crippen LogP contribution in [-0.2, 0) is 9.47 Å². The molecule has 1 fully saturated rings. The summed E-state index contributed by atoms with van der Waals surface area (Å²) in [5.41, 5.74) is 0.979. The molecule has 0 spiro atoms. The molecule has 1 aliphatic heterocycles. The van der Waals surface area contributed by atoms with Gasteiger partial charge in [0.05, 0.1) is 12.7 Å². The standard InChI is InChI=1S/C19H27BrN2O4/c1-12-10-21(18(24)26-19(3,4)5)11-13(2)22(12)14-7-8-15(16(20)9-14)17(23)25-6/h7-9,12-13H,10-11H2,1-6H3. The molecule has 0 radical (unpaired) electrons. The molecule has 2 unspecified atom stereocenters. The number of amides is 1. The Morgan fingerprint density at radius 3 is 2.19 bits per heavy atom. The van der Waals surface area contributed by atoms with Crippen LogP contribution in [0.15, 0.2) is 22.7 Å². The van der Waals surface area contributed by atoms with Crippen LogP contribution in [0.5, 0.6) is 0 Å². The lowest BCUT2D eigenvalue weighted by Crippen LogP contribution is -2.58. The smallest absolute Gasteiger partial charge is 0.410 e. The number of halogens is 1. The van der Waals surface area contributed by atoms with Crippen LogP contribution in [0.4, 0.5) is 10.5 Å². The SMILES string of the molecule is COC(=O)c1ccc(N2C(C)CN(C(=O)OC(C)(C)C)CC2C)cc1Br. The number of piperazine rings is 1. The lowest BCUT2D eigenvalue weighted by atomic mass is 10.1. The van der Waals surface area contributed by atoms with Crippen LogP contribution in [0.25, 0.3) is 0 Å². The molecule has 1 aromatic rings. The van der Waals surface area contributed by atoms with Gasteiger partial charge in [-0.15, -0.1) is 0 Å². The Morgan fingerprint density at radius 2 is 1.73 bits per heavy atom. The lowest BCUT2D eigenvalue weighted by molar-refractivity contribution is 0.0192. The molecular weight excluding hydrogens is 400 g/mol. The van der Waals surface area contributed by atoms with Gasteiger partial charge in [0.1, 0.15) is 5.60 Å². The number of anilines is 1. The number of benzene rings is 1. The maximum absolute atomic E-state index is 12.4. The highest BCUT2D eigenvalue weighted by molar-refractivity contribution is 9.10. The number of nitrogens with zero attached hydrogens (tertiary/aromatic N) is 2. The van der Waals surface area contributed by atoms with E-state index in [0.717, 1.165) is 5.69 Å². The summed E-state index contributed by atoms with van der Waals surface area (Å²) in [6.45, 7) is 10.9. The molecule has 1 heterocycles. The summed E-state index contributed by atoms with van der Waals surface area (Å²) in [5, 5.41) is 0. The predicted octanol–water partition coefficient (Wildman–Crippen LogP) is 4.07. The van der Waals surface area contributed by atoms with Crippen LogP contribution in [0.2, 0.25) is 0 Å². The van der Waals surface area contributed by atoms with Crippen molar-refractivity contribution in [2.75, 3.05) is 25.1 Å². The maximum atomic E-state index is 12.4. The molecule has 0 N–H and O–H groups in total. The van der Waals surface area contributed by atoms with E-state index >= 15 is 0 Å². The van der Waals surface area contributed by atoms with Crippen LogP contribution >= 0.6 is 15.9 Å². The number of ether oxygens (including phenoxy) is 2. The van der Waals surface area contributed by atoms with E-state index in [-0.39, 0.29) is 24.1 Å². The van der Waals surface area contributed by atoms with Crippen LogP contribution in [-0.4, -0.2) is 54.8 Å². The number of carbonyl (C=O) groups is 2. The van der Waals surface area contributed by atoms with Gasteiger partial charge in [-0.05, 0) is 68.7 Å². The molecule has 1 aromatic carbocycles. The fourth-order valence-electron chi connectivity index (χ4n) is 3.25. The van der Waals surface area contributed by atoms with Gasteiger partial charge < -0.3 is 19.3 Å². The molecule has 2 atom stereocenters. The summed E-state index contributed by atoms with van der Waals surface area (Å²) in [7, 11) is 1.36. The van der Waals surface area contributed by atoms with Crippen molar-refractivity contribution < 1.29 is 19.1 Å². The molecule has 1 amide bonds. The average Bonchev–Trinajstić information content (AvgIpc) is 2.52. The third kappa shape index (κ3) is 4.69. The average molecular weight is 427 g/mol. The second kappa shape index (κ2) is 7.86. The van der Waals surface area contributed by atoms with Crippen LogP contribution in [0.1, 0.15) is 45.0 Å². The first-order valence-electron chi connectivity index (χ1n) is 8.67. The molecule has 1 saturated heterocycles. The van der Waals surface area contributed by atoms with Crippen molar-refractivity contribution in [3.05, 3.63) is 28.2 Å². The van der Waals surface area contributed by atoms with E-state index in [1.165, 1.54) is 7.11 Å². The summed E-state index contributed by atoms with van der Waals surface area (Å²) in [6.07, 6.45) is -0.280. The molecular formula is C19H27BrN2O4. The third-order valence-corrected chi connectivity index (χ3v) is 4.88. The zero-order chi connectivity index (χ0) is 19.6. The Labute approximate surface area is 163 Å². The third-order valence-electron chi connectivity index (χ3n) is 4.23. The summed E-state index contributed by atoms with van der Waals surface area (Å²) >= 11 is 3.45. The minimum absolute atomic E-state index is 0.113. The zero-order valence-electron chi connectivity index (χ0n) is 16.2. The van der Waals surface area contributed by atoms with E-state index in [1.54, 1.807) is 11.0 Å². The van der Waals surface area contributed by atoms with Crippen LogP contribution in [0, 0.1) is 0 Å². The predicted molar refractivity (Wildman–Crippen MR) is 105 cm³/mol. The molecule has 144 valence electrons. The van der Waals surface area contributed by atoms with E-state index in [2.05, 4.69) is 34.7 Å². The van der Waals surface area contributed by atoms with Crippen molar-refractivity contribution in [1.82, 2.24) is 4.90 Å². The number of carbonyl (C=O) groups excluding carboxylic acids is 2. The van der Waals surface area contributed by atoms with Crippen molar-refractivity contribution in [2.45, 2.75) is 52.3 Å². The first-order valence-corrected chi connectivity index (χ1v) is 9.47. The minimum atomic E-state index is -0.505. The maximum Gasteiger partial charge on any atom is 0.410 e. The van der Waals surface area contributed by atoms with E-state index in [9.17, 15) is 9.59 Å². The number of rotatable bonds is 2. The van der Waals surface area contributed by atoms with Crippen molar-refractivity contribution in [1.29, 1.82) is 0 Å². The Balaban J connectivity index is 2.17. The summed E-state index contributed by atoms with van der Waals surface area (Å²) in [5.74, 6) is -0.376. The molecule has 0 aliphatic carbocycles. The largest absolute Gasteiger partial charge is 0.465 e. The molecule has 7 heteroatoms. The minimum Gasteiger partial charge on any atom is -0.465 e. The normalized spacial score (nSPS) is 20.7. The fraction of sp³-hybridized carbons (Fsp3) is 0.579. The Hall–Kier alpha value is -1.76. The van der Waals surface area contributed by atoms with Gasteiger partial charge in [0.25, 0.3) is 0 Å². The van der Waals surface area contributed by atoms with Crippen molar-refractivity contribution in [3.8, 4) is 0 Å². The molecule has 2 rings (SSSR count). The highest BCUT2D eigenvalue weighted by Gasteiger charge is 2.34. The van der Waals surface area contributed by atoms with Gasteiger partial charge in [0, 0.05) is 35.3 Å². The molecule has 0 saturated carbocycles. The first kappa shape index (κ1) is 20.6. The second-order valence-corrected chi connectivity index (χ2v) is 8.50. The molecule has 0 aromatic heterocycles. The van der Waals surface area contributed by atoms with E-state index in [1.807, 2.05) is 32.9 Å². The van der Waals surface area contributed by atoms with E-state index in [4.69, 9.17) is 9.47 Å². The first-order chi connectivity index (χ1) is 12.0. The highest BCUT2D eigenvalue weighted by Crippen LogP contribution is 2.30.